The summed E-state index contributed by atoms with van der Waals surface area (Å²) in [5.74, 6) is 0.796. The lowest BCUT2D eigenvalue weighted by molar-refractivity contribution is -0.116. The highest BCUT2D eigenvalue weighted by molar-refractivity contribution is 5.91. The first-order valence-corrected chi connectivity index (χ1v) is 9.52. The second kappa shape index (κ2) is 8.97. The monoisotopic (exact) mass is 351 g/mol. The van der Waals surface area contributed by atoms with Crippen LogP contribution >= 0.6 is 0 Å². The quantitative estimate of drug-likeness (QED) is 0.828. The molecule has 1 atom stereocenters. The van der Waals surface area contributed by atoms with Crippen LogP contribution in [0.5, 0.6) is 0 Å². The van der Waals surface area contributed by atoms with Gasteiger partial charge in [0.15, 0.2) is 0 Å². The van der Waals surface area contributed by atoms with E-state index in [1.54, 1.807) is 0 Å². The largest absolute Gasteiger partial charge is 0.326 e. The number of carbonyl (C=O) groups excluding carboxylic acids is 1. The fraction of sp³-hybridized carbons (Fsp3) is 0.409. The highest BCUT2D eigenvalue weighted by atomic mass is 16.1. The number of hydrogen-bond acceptors (Lipinski definition) is 3. The van der Waals surface area contributed by atoms with Crippen molar-refractivity contribution < 1.29 is 4.79 Å². The van der Waals surface area contributed by atoms with Crippen LogP contribution < -0.4 is 11.1 Å². The number of nitrogens with two attached hydrogens (primary N) is 1. The molecule has 0 aromatic heterocycles. The standard InChI is InChI=1S/C22H29N3O/c1-17-11-13-25(14-12-17)16-18-7-9-20(10-8-18)24-22(26)15-21(23)19-5-3-2-4-6-19/h2-10,17,21H,11-16,23H2,1H3,(H,24,26). The van der Waals surface area contributed by atoms with E-state index in [-0.39, 0.29) is 18.4 Å². The molecule has 4 heteroatoms. The van der Waals surface area contributed by atoms with Gasteiger partial charge in [-0.25, -0.2) is 0 Å². The van der Waals surface area contributed by atoms with Gasteiger partial charge < -0.3 is 11.1 Å². The maximum absolute atomic E-state index is 12.2. The van der Waals surface area contributed by atoms with Crippen LogP contribution in [0.25, 0.3) is 0 Å². The average Bonchev–Trinajstić information content (AvgIpc) is 2.66. The molecule has 1 heterocycles. The lowest BCUT2D eigenvalue weighted by atomic mass is 9.99. The van der Waals surface area contributed by atoms with Crippen molar-refractivity contribution >= 4 is 11.6 Å². The fourth-order valence-corrected chi connectivity index (χ4v) is 3.40. The zero-order chi connectivity index (χ0) is 18.4. The number of benzene rings is 2. The van der Waals surface area contributed by atoms with Crippen molar-refractivity contribution in [1.82, 2.24) is 4.90 Å². The Labute approximate surface area is 156 Å². The van der Waals surface area contributed by atoms with Gasteiger partial charge in [0.25, 0.3) is 0 Å². The second-order valence-electron chi connectivity index (χ2n) is 7.43. The van der Waals surface area contributed by atoms with Crippen LogP contribution in [0.3, 0.4) is 0 Å². The van der Waals surface area contributed by atoms with Crippen LogP contribution in [-0.4, -0.2) is 23.9 Å². The van der Waals surface area contributed by atoms with Crippen LogP contribution in [0.15, 0.2) is 54.6 Å². The molecule has 26 heavy (non-hydrogen) atoms. The summed E-state index contributed by atoms with van der Waals surface area (Å²) in [5.41, 5.74) is 9.22. The van der Waals surface area contributed by atoms with Crippen molar-refractivity contribution in [2.45, 2.75) is 38.8 Å². The Hall–Kier alpha value is -2.17. The van der Waals surface area contributed by atoms with Gasteiger partial charge in [-0.05, 0) is 55.1 Å². The molecule has 1 saturated heterocycles. The van der Waals surface area contributed by atoms with Gasteiger partial charge in [0.05, 0.1) is 0 Å². The Morgan fingerprint density at radius 3 is 2.42 bits per heavy atom. The number of nitrogens with one attached hydrogen (secondary N) is 1. The molecule has 3 N–H and O–H groups in total. The Morgan fingerprint density at radius 2 is 1.77 bits per heavy atom. The fourth-order valence-electron chi connectivity index (χ4n) is 3.40. The van der Waals surface area contributed by atoms with E-state index in [1.165, 1.54) is 31.5 Å². The predicted molar refractivity (Wildman–Crippen MR) is 107 cm³/mol. The van der Waals surface area contributed by atoms with Crippen molar-refractivity contribution in [1.29, 1.82) is 0 Å². The van der Waals surface area contributed by atoms with E-state index >= 15 is 0 Å². The molecule has 0 radical (unpaired) electrons. The number of likely N-dealkylation sites (tertiary alicyclic amines) is 1. The van der Waals surface area contributed by atoms with Crippen LogP contribution in [-0.2, 0) is 11.3 Å². The number of piperidine rings is 1. The number of hydrogen-bond donors (Lipinski definition) is 2. The number of anilines is 1. The molecular weight excluding hydrogens is 322 g/mol. The minimum Gasteiger partial charge on any atom is -0.326 e. The Balaban J connectivity index is 1.48. The molecule has 1 fully saturated rings. The maximum atomic E-state index is 12.2. The smallest absolute Gasteiger partial charge is 0.226 e. The second-order valence-corrected chi connectivity index (χ2v) is 7.43. The van der Waals surface area contributed by atoms with E-state index in [0.29, 0.717) is 0 Å². The summed E-state index contributed by atoms with van der Waals surface area (Å²) in [6.07, 6.45) is 2.85. The molecule has 0 aliphatic carbocycles. The summed E-state index contributed by atoms with van der Waals surface area (Å²) >= 11 is 0. The topological polar surface area (TPSA) is 58.4 Å². The Morgan fingerprint density at radius 1 is 1.12 bits per heavy atom. The molecule has 1 unspecified atom stereocenters. The maximum Gasteiger partial charge on any atom is 0.226 e. The van der Waals surface area contributed by atoms with Crippen LogP contribution in [0, 0.1) is 5.92 Å². The van der Waals surface area contributed by atoms with E-state index in [9.17, 15) is 4.79 Å². The van der Waals surface area contributed by atoms with Gasteiger partial charge >= 0.3 is 0 Å². The van der Waals surface area contributed by atoms with E-state index in [4.69, 9.17) is 5.73 Å². The molecule has 0 spiro atoms. The third kappa shape index (κ3) is 5.41. The van der Waals surface area contributed by atoms with Crippen molar-refractivity contribution in [3.8, 4) is 0 Å². The summed E-state index contributed by atoms with van der Waals surface area (Å²) in [7, 11) is 0. The number of rotatable bonds is 6. The van der Waals surface area contributed by atoms with Crippen LogP contribution in [0.2, 0.25) is 0 Å². The van der Waals surface area contributed by atoms with Crippen LogP contribution in [0.4, 0.5) is 5.69 Å². The Kier molecular flexibility index (Phi) is 6.42. The van der Waals surface area contributed by atoms with Gasteiger partial charge in [-0.2, -0.15) is 0 Å². The van der Waals surface area contributed by atoms with Gasteiger partial charge in [-0.1, -0.05) is 49.4 Å². The van der Waals surface area contributed by atoms with Crippen molar-refractivity contribution in [3.05, 3.63) is 65.7 Å². The predicted octanol–water partition coefficient (Wildman–Crippen LogP) is 3.95. The number of carbonyl (C=O) groups is 1. The SMILES string of the molecule is CC1CCN(Cc2ccc(NC(=O)CC(N)c3ccccc3)cc2)CC1. The lowest BCUT2D eigenvalue weighted by Gasteiger charge is -2.30. The molecule has 3 rings (SSSR count). The molecule has 2 aromatic rings. The normalized spacial score (nSPS) is 17.0. The zero-order valence-corrected chi connectivity index (χ0v) is 15.5. The first-order valence-electron chi connectivity index (χ1n) is 9.52. The third-order valence-electron chi connectivity index (χ3n) is 5.15. The van der Waals surface area contributed by atoms with Gasteiger partial charge in [0.1, 0.15) is 0 Å². The van der Waals surface area contributed by atoms with E-state index < -0.39 is 0 Å². The van der Waals surface area contributed by atoms with Crippen molar-refractivity contribution in [3.63, 3.8) is 0 Å². The molecule has 1 aliphatic heterocycles. The van der Waals surface area contributed by atoms with Gasteiger partial charge in [0.2, 0.25) is 5.91 Å². The molecule has 4 nitrogen and oxygen atoms in total. The summed E-state index contributed by atoms with van der Waals surface area (Å²) in [6, 6.07) is 17.6. The third-order valence-corrected chi connectivity index (χ3v) is 5.15. The molecule has 0 saturated carbocycles. The summed E-state index contributed by atoms with van der Waals surface area (Å²) in [4.78, 5) is 14.7. The van der Waals surface area contributed by atoms with Crippen LogP contribution in [0.1, 0.15) is 43.4 Å². The van der Waals surface area contributed by atoms with Gasteiger partial charge in [0, 0.05) is 24.7 Å². The number of amides is 1. The molecule has 0 bridgehead atoms. The summed E-state index contributed by atoms with van der Waals surface area (Å²) < 4.78 is 0. The average molecular weight is 351 g/mol. The van der Waals surface area contributed by atoms with E-state index in [1.807, 2.05) is 42.5 Å². The lowest BCUT2D eigenvalue weighted by Crippen LogP contribution is -2.32. The molecule has 138 valence electrons. The summed E-state index contributed by atoms with van der Waals surface area (Å²) in [6.45, 7) is 5.67. The Bertz CT molecular complexity index is 691. The highest BCUT2D eigenvalue weighted by Gasteiger charge is 2.16. The minimum absolute atomic E-state index is 0.0564. The number of nitrogens with zero attached hydrogens (tertiary/aromatic N) is 1. The zero-order valence-electron chi connectivity index (χ0n) is 15.5. The first-order chi connectivity index (χ1) is 12.6. The molecule has 2 aromatic carbocycles. The minimum atomic E-state index is -0.281. The van der Waals surface area contributed by atoms with E-state index in [0.717, 1.165) is 23.7 Å². The van der Waals surface area contributed by atoms with Gasteiger partial charge in [-0.15, -0.1) is 0 Å². The molecule has 1 amide bonds. The molecule has 1 aliphatic rings. The van der Waals surface area contributed by atoms with Crippen molar-refractivity contribution in [2.75, 3.05) is 18.4 Å². The van der Waals surface area contributed by atoms with Gasteiger partial charge in [-0.3, -0.25) is 9.69 Å². The highest BCUT2D eigenvalue weighted by Crippen LogP contribution is 2.19. The summed E-state index contributed by atoms with van der Waals surface area (Å²) in [5, 5.41) is 2.95. The van der Waals surface area contributed by atoms with Crippen molar-refractivity contribution in [2.24, 2.45) is 11.7 Å². The first kappa shape index (κ1) is 18.6. The van der Waals surface area contributed by atoms with E-state index in [2.05, 4.69) is 29.3 Å². The molecular formula is C22H29N3O.